The number of carbonyl (C=O) groups excluding carboxylic acids is 3. The van der Waals surface area contributed by atoms with Gasteiger partial charge in [0.15, 0.2) is 0 Å². The van der Waals surface area contributed by atoms with Crippen molar-refractivity contribution >= 4 is 23.4 Å². The Morgan fingerprint density at radius 2 is 1.91 bits per heavy atom. The summed E-state index contributed by atoms with van der Waals surface area (Å²) in [7, 11) is 0. The van der Waals surface area contributed by atoms with Crippen molar-refractivity contribution in [1.82, 2.24) is 10.2 Å². The molecule has 3 rings (SSSR count). The third-order valence-electron chi connectivity index (χ3n) is 5.63. The molecule has 8 heteroatoms. The maximum Gasteiger partial charge on any atom is 0.254 e. The highest BCUT2D eigenvalue weighted by molar-refractivity contribution is 6.01. The topological polar surface area (TPSA) is 105 Å². The van der Waals surface area contributed by atoms with E-state index in [1.54, 1.807) is 26.0 Å². The number of anilines is 1. The Balaban J connectivity index is 1.68. The van der Waals surface area contributed by atoms with E-state index in [1.807, 2.05) is 23.1 Å². The molecule has 1 fully saturated rings. The highest BCUT2D eigenvalue weighted by Crippen LogP contribution is 2.21. The molecule has 0 spiro atoms. The molecule has 4 N–H and O–H groups in total. The monoisotopic (exact) mass is 440 g/mol. The van der Waals surface area contributed by atoms with E-state index in [0.29, 0.717) is 12.2 Å². The Kier molecular flexibility index (Phi) is 7.58. The van der Waals surface area contributed by atoms with E-state index in [9.17, 15) is 18.8 Å². The molecule has 0 radical (unpaired) electrons. The lowest BCUT2D eigenvalue weighted by Crippen LogP contribution is -2.47. The van der Waals surface area contributed by atoms with Crippen molar-refractivity contribution in [1.29, 1.82) is 0 Å². The zero-order chi connectivity index (χ0) is 23.3. The van der Waals surface area contributed by atoms with Crippen LogP contribution < -0.4 is 16.4 Å². The van der Waals surface area contributed by atoms with Crippen LogP contribution in [0, 0.1) is 11.7 Å². The van der Waals surface area contributed by atoms with Crippen LogP contribution in [-0.4, -0.2) is 41.2 Å². The van der Waals surface area contributed by atoms with E-state index in [1.165, 1.54) is 18.2 Å². The molecule has 2 atom stereocenters. The summed E-state index contributed by atoms with van der Waals surface area (Å²) in [4.78, 5) is 39.1. The zero-order valence-electron chi connectivity index (χ0n) is 18.3. The molecular weight excluding hydrogens is 411 g/mol. The zero-order valence-corrected chi connectivity index (χ0v) is 18.3. The van der Waals surface area contributed by atoms with Gasteiger partial charge in [0, 0.05) is 12.2 Å². The molecule has 3 amide bonds. The first-order valence-electron chi connectivity index (χ1n) is 10.7. The highest BCUT2D eigenvalue weighted by Gasteiger charge is 2.29. The summed E-state index contributed by atoms with van der Waals surface area (Å²) in [5.74, 6) is -2.21. The van der Waals surface area contributed by atoms with Crippen molar-refractivity contribution in [2.24, 2.45) is 11.7 Å². The molecule has 0 aromatic heterocycles. The number of amides is 3. The lowest BCUT2D eigenvalue weighted by atomic mass is 10.0. The molecule has 7 nitrogen and oxygen atoms in total. The quantitative estimate of drug-likeness (QED) is 0.587. The Bertz CT molecular complexity index is 995. The summed E-state index contributed by atoms with van der Waals surface area (Å²) in [6.07, 6.45) is 1.67. The van der Waals surface area contributed by atoms with Gasteiger partial charge in [0.2, 0.25) is 11.8 Å². The second-order valence-electron chi connectivity index (χ2n) is 8.40. The van der Waals surface area contributed by atoms with Crippen molar-refractivity contribution in [3.63, 3.8) is 0 Å². The third-order valence-corrected chi connectivity index (χ3v) is 5.63. The van der Waals surface area contributed by atoms with Crippen LogP contribution in [0.25, 0.3) is 0 Å². The summed E-state index contributed by atoms with van der Waals surface area (Å²) < 4.78 is 13.9. The van der Waals surface area contributed by atoms with Gasteiger partial charge >= 0.3 is 0 Å². The molecule has 170 valence electrons. The maximum absolute atomic E-state index is 13.9. The molecular formula is C24H29FN4O3. The number of hydrogen-bond donors (Lipinski definition) is 3. The van der Waals surface area contributed by atoms with E-state index < -0.39 is 23.7 Å². The fraction of sp³-hybridized carbons (Fsp3) is 0.375. The minimum Gasteiger partial charge on any atom is -0.368 e. The van der Waals surface area contributed by atoms with Crippen LogP contribution in [0.2, 0.25) is 0 Å². The van der Waals surface area contributed by atoms with Gasteiger partial charge in [-0.3, -0.25) is 19.3 Å². The average Bonchev–Trinajstić information content (AvgIpc) is 3.20. The summed E-state index contributed by atoms with van der Waals surface area (Å²) in [5, 5.41) is 5.47. The standard InChI is InChI=1S/C24H29FN4O3/c1-15(2)21(28-23(31)18-9-3-4-10-19(18)25)24(32)27-17-8-5-7-16(13-17)14-29-12-6-11-20(29)22(26)30/h3-5,7-10,13,15,20-21H,6,11-12,14H2,1-2H3,(H2,26,30)(H,27,32)(H,28,31). The van der Waals surface area contributed by atoms with Gasteiger partial charge in [-0.2, -0.15) is 0 Å². The first kappa shape index (κ1) is 23.4. The van der Waals surface area contributed by atoms with E-state index in [-0.39, 0.29) is 23.4 Å². The van der Waals surface area contributed by atoms with Gasteiger partial charge in [-0.1, -0.05) is 38.1 Å². The second-order valence-corrected chi connectivity index (χ2v) is 8.40. The van der Waals surface area contributed by atoms with Crippen molar-refractivity contribution in [2.45, 2.75) is 45.3 Å². The highest BCUT2D eigenvalue weighted by atomic mass is 19.1. The molecule has 0 aliphatic carbocycles. The van der Waals surface area contributed by atoms with Crippen molar-refractivity contribution < 1.29 is 18.8 Å². The van der Waals surface area contributed by atoms with Crippen molar-refractivity contribution in [3.8, 4) is 0 Å². The molecule has 2 unspecified atom stereocenters. The number of rotatable bonds is 8. The van der Waals surface area contributed by atoms with Gasteiger partial charge < -0.3 is 16.4 Å². The Morgan fingerprint density at radius 1 is 1.16 bits per heavy atom. The number of hydrogen-bond acceptors (Lipinski definition) is 4. The number of nitrogens with two attached hydrogens (primary N) is 1. The molecule has 2 aromatic carbocycles. The molecule has 32 heavy (non-hydrogen) atoms. The number of nitrogens with zero attached hydrogens (tertiary/aromatic N) is 1. The minimum atomic E-state index is -0.844. The maximum atomic E-state index is 13.9. The van der Waals surface area contributed by atoms with Crippen LogP contribution in [-0.2, 0) is 16.1 Å². The number of likely N-dealkylation sites (tertiary alicyclic amines) is 1. The molecule has 2 aromatic rings. The first-order chi connectivity index (χ1) is 15.3. The molecule has 1 heterocycles. The third kappa shape index (κ3) is 5.70. The summed E-state index contributed by atoms with van der Waals surface area (Å²) in [6, 6.07) is 11.9. The summed E-state index contributed by atoms with van der Waals surface area (Å²) in [6.45, 7) is 4.95. The largest absolute Gasteiger partial charge is 0.368 e. The fourth-order valence-corrected chi connectivity index (χ4v) is 3.94. The smallest absolute Gasteiger partial charge is 0.254 e. The average molecular weight is 441 g/mol. The number of primary amides is 1. The number of halogens is 1. The predicted octanol–water partition coefficient (Wildman–Crippen LogP) is 2.67. The van der Waals surface area contributed by atoms with Crippen molar-refractivity contribution in [2.75, 3.05) is 11.9 Å². The van der Waals surface area contributed by atoms with Crippen molar-refractivity contribution in [3.05, 3.63) is 65.5 Å². The van der Waals surface area contributed by atoms with Gasteiger partial charge in [0.25, 0.3) is 5.91 Å². The van der Waals surface area contributed by atoms with Gasteiger partial charge in [-0.25, -0.2) is 4.39 Å². The Hall–Kier alpha value is -3.26. The molecule has 0 bridgehead atoms. The summed E-state index contributed by atoms with van der Waals surface area (Å²) in [5.41, 5.74) is 6.90. The van der Waals surface area contributed by atoms with Crippen LogP contribution in [0.4, 0.5) is 10.1 Å². The molecule has 1 aliphatic rings. The molecule has 0 saturated carbocycles. The number of nitrogens with one attached hydrogen (secondary N) is 2. The van der Waals surface area contributed by atoms with E-state index in [0.717, 1.165) is 24.9 Å². The first-order valence-corrected chi connectivity index (χ1v) is 10.7. The molecule has 1 saturated heterocycles. The predicted molar refractivity (Wildman–Crippen MR) is 120 cm³/mol. The van der Waals surface area contributed by atoms with E-state index in [2.05, 4.69) is 10.6 Å². The summed E-state index contributed by atoms with van der Waals surface area (Å²) >= 11 is 0. The fourth-order valence-electron chi connectivity index (χ4n) is 3.94. The van der Waals surface area contributed by atoms with Gasteiger partial charge in [-0.05, 0) is 55.1 Å². The van der Waals surface area contributed by atoms with Crippen LogP contribution in [0.3, 0.4) is 0 Å². The van der Waals surface area contributed by atoms with Crippen LogP contribution in [0.15, 0.2) is 48.5 Å². The Labute approximate surface area is 187 Å². The lowest BCUT2D eigenvalue weighted by molar-refractivity contribution is -0.122. The number of carbonyl (C=O) groups is 3. The SMILES string of the molecule is CC(C)C(NC(=O)c1ccccc1F)C(=O)Nc1cccc(CN2CCCC2C(N)=O)c1. The minimum absolute atomic E-state index is 0.109. The van der Waals surface area contributed by atoms with E-state index in [4.69, 9.17) is 5.73 Å². The normalized spacial score (nSPS) is 17.2. The second kappa shape index (κ2) is 10.4. The van der Waals surface area contributed by atoms with Gasteiger partial charge in [0.05, 0.1) is 11.6 Å². The lowest BCUT2D eigenvalue weighted by Gasteiger charge is -2.23. The van der Waals surface area contributed by atoms with Crippen LogP contribution in [0.5, 0.6) is 0 Å². The Morgan fingerprint density at radius 3 is 2.59 bits per heavy atom. The van der Waals surface area contributed by atoms with Gasteiger partial charge in [-0.15, -0.1) is 0 Å². The number of benzene rings is 2. The van der Waals surface area contributed by atoms with E-state index >= 15 is 0 Å². The molecule has 1 aliphatic heterocycles. The van der Waals surface area contributed by atoms with Crippen LogP contribution >= 0.6 is 0 Å². The van der Waals surface area contributed by atoms with Crippen LogP contribution in [0.1, 0.15) is 42.6 Å². The van der Waals surface area contributed by atoms with Gasteiger partial charge in [0.1, 0.15) is 11.9 Å².